The van der Waals surface area contributed by atoms with Gasteiger partial charge in [-0.05, 0) is 16.0 Å². The van der Waals surface area contributed by atoms with Gasteiger partial charge >= 0.3 is 0 Å². The molecule has 1 aliphatic heterocycles. The van der Waals surface area contributed by atoms with Crippen LogP contribution in [0.5, 0.6) is 0 Å². The van der Waals surface area contributed by atoms with Crippen LogP contribution in [0.25, 0.3) is 0 Å². The lowest BCUT2D eigenvalue weighted by Crippen LogP contribution is -2.41. The molecular weight excluding hydrogens is 362 g/mol. The Bertz CT molecular complexity index is 876. The number of nitrogens with one attached hydrogen (secondary N) is 1. The number of amides is 1. The van der Waals surface area contributed by atoms with Crippen molar-refractivity contribution in [3.05, 3.63) is 59.7 Å². The van der Waals surface area contributed by atoms with E-state index < -0.39 is 0 Å². The van der Waals surface area contributed by atoms with Crippen LogP contribution >= 0.6 is 0 Å². The number of nitrogens with zero attached hydrogens (tertiary/aromatic N) is 6. The van der Waals surface area contributed by atoms with Gasteiger partial charge in [0.15, 0.2) is 5.82 Å². The zero-order valence-electron chi connectivity index (χ0n) is 15.3. The number of morpholine rings is 1. The standard InChI is InChI=1S/C18H21N7O3/c26-16(19-12-15-6-9-28-21-15)13-25-18(20-22-23-25)17(14-4-2-1-3-5-14)24-7-10-27-11-8-24/h1-6,9,17H,7-8,10-13H2,(H,19,26). The number of hydrogen-bond acceptors (Lipinski definition) is 8. The van der Waals surface area contributed by atoms with Crippen LogP contribution in [0.2, 0.25) is 0 Å². The van der Waals surface area contributed by atoms with Crippen LogP contribution in [0, 0.1) is 0 Å². The molecule has 3 heterocycles. The number of carbonyl (C=O) groups is 1. The summed E-state index contributed by atoms with van der Waals surface area (Å²) in [7, 11) is 0. The van der Waals surface area contributed by atoms with Gasteiger partial charge < -0.3 is 14.6 Å². The van der Waals surface area contributed by atoms with Crippen molar-refractivity contribution < 1.29 is 14.1 Å². The van der Waals surface area contributed by atoms with Crippen molar-refractivity contribution in [1.82, 2.24) is 35.6 Å². The molecule has 28 heavy (non-hydrogen) atoms. The molecule has 1 saturated heterocycles. The lowest BCUT2D eigenvalue weighted by Gasteiger charge is -2.33. The molecular formula is C18H21N7O3. The number of tetrazole rings is 1. The Kier molecular flexibility index (Phi) is 5.69. The maximum absolute atomic E-state index is 12.4. The maximum atomic E-state index is 12.4. The molecule has 0 aliphatic carbocycles. The van der Waals surface area contributed by atoms with Gasteiger partial charge in [0, 0.05) is 19.2 Å². The fraction of sp³-hybridized carbons (Fsp3) is 0.389. The summed E-state index contributed by atoms with van der Waals surface area (Å²) in [5.74, 6) is 0.426. The molecule has 3 aromatic rings. The van der Waals surface area contributed by atoms with Crippen molar-refractivity contribution in [2.45, 2.75) is 19.1 Å². The molecule has 0 radical (unpaired) electrons. The second kappa shape index (κ2) is 8.72. The summed E-state index contributed by atoms with van der Waals surface area (Å²) in [6, 6.07) is 11.6. The molecule has 0 saturated carbocycles. The van der Waals surface area contributed by atoms with E-state index in [-0.39, 0.29) is 18.5 Å². The lowest BCUT2D eigenvalue weighted by molar-refractivity contribution is -0.122. The van der Waals surface area contributed by atoms with Gasteiger partial charge in [0.1, 0.15) is 18.5 Å². The van der Waals surface area contributed by atoms with Crippen molar-refractivity contribution in [2.24, 2.45) is 0 Å². The first-order valence-corrected chi connectivity index (χ1v) is 9.10. The fourth-order valence-corrected chi connectivity index (χ4v) is 3.22. The molecule has 2 aromatic heterocycles. The van der Waals surface area contributed by atoms with Crippen molar-refractivity contribution >= 4 is 5.91 Å². The second-order valence-corrected chi connectivity index (χ2v) is 6.42. The van der Waals surface area contributed by atoms with Crippen molar-refractivity contribution in [2.75, 3.05) is 26.3 Å². The maximum Gasteiger partial charge on any atom is 0.242 e. The zero-order valence-corrected chi connectivity index (χ0v) is 15.3. The Balaban J connectivity index is 1.52. The molecule has 10 nitrogen and oxygen atoms in total. The summed E-state index contributed by atoms with van der Waals surface area (Å²) in [6.07, 6.45) is 1.47. The number of carbonyl (C=O) groups excluding carboxylic acids is 1. The van der Waals surface area contributed by atoms with Gasteiger partial charge in [-0.25, -0.2) is 4.68 Å². The smallest absolute Gasteiger partial charge is 0.242 e. The molecule has 146 valence electrons. The van der Waals surface area contributed by atoms with E-state index in [0.717, 1.165) is 18.7 Å². The third-order valence-corrected chi connectivity index (χ3v) is 4.58. The van der Waals surface area contributed by atoms with Gasteiger partial charge in [-0.2, -0.15) is 0 Å². The first-order chi connectivity index (χ1) is 13.8. The Morgan fingerprint density at radius 3 is 2.75 bits per heavy atom. The summed E-state index contributed by atoms with van der Waals surface area (Å²) in [4.78, 5) is 14.6. The van der Waals surface area contributed by atoms with Gasteiger partial charge in [0.2, 0.25) is 5.91 Å². The second-order valence-electron chi connectivity index (χ2n) is 6.42. The van der Waals surface area contributed by atoms with E-state index in [2.05, 4.69) is 30.9 Å². The largest absolute Gasteiger partial charge is 0.379 e. The monoisotopic (exact) mass is 383 g/mol. The fourth-order valence-electron chi connectivity index (χ4n) is 3.22. The van der Waals surface area contributed by atoms with E-state index in [1.165, 1.54) is 6.26 Å². The lowest BCUT2D eigenvalue weighted by atomic mass is 10.0. The van der Waals surface area contributed by atoms with Crippen molar-refractivity contribution in [1.29, 1.82) is 0 Å². The molecule has 1 amide bonds. The van der Waals surface area contributed by atoms with Gasteiger partial charge in [-0.1, -0.05) is 35.5 Å². The number of aromatic nitrogens is 5. The van der Waals surface area contributed by atoms with Crippen LogP contribution in [-0.4, -0.2) is 62.5 Å². The summed E-state index contributed by atoms with van der Waals surface area (Å²) in [5, 5.41) is 18.7. The minimum Gasteiger partial charge on any atom is -0.379 e. The van der Waals surface area contributed by atoms with Crippen LogP contribution < -0.4 is 5.32 Å². The third kappa shape index (κ3) is 4.24. The summed E-state index contributed by atoms with van der Waals surface area (Å²) in [6.45, 7) is 3.16. The molecule has 1 aliphatic rings. The summed E-state index contributed by atoms with van der Waals surface area (Å²) < 4.78 is 11.8. The average Bonchev–Trinajstić information content (AvgIpc) is 3.41. The van der Waals surface area contributed by atoms with E-state index in [9.17, 15) is 4.79 Å². The SMILES string of the molecule is O=C(Cn1nnnc1C(c1ccccc1)N1CCOCC1)NCc1ccon1. The van der Waals surface area contributed by atoms with Crippen LogP contribution in [0.15, 0.2) is 47.2 Å². The van der Waals surface area contributed by atoms with Crippen molar-refractivity contribution in [3.63, 3.8) is 0 Å². The average molecular weight is 383 g/mol. The predicted molar refractivity (Wildman–Crippen MR) is 96.8 cm³/mol. The van der Waals surface area contributed by atoms with E-state index in [0.29, 0.717) is 31.3 Å². The molecule has 10 heteroatoms. The number of benzene rings is 1. The van der Waals surface area contributed by atoms with Crippen LogP contribution in [0.1, 0.15) is 23.1 Å². The molecule has 0 bridgehead atoms. The third-order valence-electron chi connectivity index (χ3n) is 4.58. The zero-order chi connectivity index (χ0) is 19.2. The molecule has 1 unspecified atom stereocenters. The highest BCUT2D eigenvalue weighted by atomic mass is 16.5. The molecule has 1 N–H and O–H groups in total. The Morgan fingerprint density at radius 2 is 2.00 bits per heavy atom. The Labute approximate surface area is 161 Å². The van der Waals surface area contributed by atoms with E-state index in [4.69, 9.17) is 9.26 Å². The van der Waals surface area contributed by atoms with Crippen LogP contribution in [0.3, 0.4) is 0 Å². The minimum atomic E-state index is -0.203. The quantitative estimate of drug-likeness (QED) is 0.624. The van der Waals surface area contributed by atoms with E-state index >= 15 is 0 Å². The molecule has 1 aromatic carbocycles. The first-order valence-electron chi connectivity index (χ1n) is 9.10. The van der Waals surface area contributed by atoms with E-state index in [1.54, 1.807) is 10.7 Å². The molecule has 4 rings (SSSR count). The Hall–Kier alpha value is -3.11. The van der Waals surface area contributed by atoms with E-state index in [1.807, 2.05) is 30.3 Å². The summed E-state index contributed by atoms with van der Waals surface area (Å²) in [5.41, 5.74) is 1.73. The Morgan fingerprint density at radius 1 is 1.18 bits per heavy atom. The van der Waals surface area contributed by atoms with Gasteiger partial charge in [-0.15, -0.1) is 5.10 Å². The highest BCUT2D eigenvalue weighted by Gasteiger charge is 2.29. The van der Waals surface area contributed by atoms with Gasteiger partial charge in [0.25, 0.3) is 0 Å². The molecule has 1 atom stereocenters. The van der Waals surface area contributed by atoms with Gasteiger partial charge in [-0.3, -0.25) is 9.69 Å². The van der Waals surface area contributed by atoms with Crippen LogP contribution in [-0.2, 0) is 22.6 Å². The predicted octanol–water partition coefficient (Wildman–Crippen LogP) is 0.399. The molecule has 1 fully saturated rings. The van der Waals surface area contributed by atoms with Gasteiger partial charge in [0.05, 0.1) is 25.8 Å². The number of ether oxygens (including phenoxy) is 1. The summed E-state index contributed by atoms with van der Waals surface area (Å²) >= 11 is 0. The highest BCUT2D eigenvalue weighted by Crippen LogP contribution is 2.27. The first kappa shape index (κ1) is 18.3. The minimum absolute atomic E-state index is 0.0217. The normalized spacial score (nSPS) is 16.0. The number of hydrogen-bond donors (Lipinski definition) is 1. The topological polar surface area (TPSA) is 111 Å². The highest BCUT2D eigenvalue weighted by molar-refractivity contribution is 5.75. The number of rotatable bonds is 7. The van der Waals surface area contributed by atoms with Crippen LogP contribution in [0.4, 0.5) is 0 Å². The van der Waals surface area contributed by atoms with Crippen molar-refractivity contribution in [3.8, 4) is 0 Å². The molecule has 0 spiro atoms.